The van der Waals surface area contributed by atoms with E-state index in [0.29, 0.717) is 9.21 Å². The lowest BCUT2D eigenvalue weighted by Gasteiger charge is -2.06. The highest BCUT2D eigenvalue weighted by atomic mass is 35.5. The number of esters is 1. The number of ether oxygens (including phenoxy) is 2. The van der Waals surface area contributed by atoms with E-state index in [0.717, 1.165) is 16.9 Å². The predicted molar refractivity (Wildman–Crippen MR) is 94.2 cm³/mol. The van der Waals surface area contributed by atoms with Crippen LogP contribution in [-0.4, -0.2) is 5.97 Å². The Hall–Kier alpha value is -2.57. The zero-order valence-electron chi connectivity index (χ0n) is 12.9. The summed E-state index contributed by atoms with van der Waals surface area (Å²) in [6.07, 6.45) is 1.22. The molecule has 0 radical (unpaired) electrons. The highest BCUT2D eigenvalue weighted by molar-refractivity contribution is 7.17. The molecule has 2 aromatic heterocycles. The Morgan fingerprint density at radius 3 is 2.60 bits per heavy atom. The van der Waals surface area contributed by atoms with Gasteiger partial charge < -0.3 is 13.9 Å². The standard InChI is InChI=1S/C18H13ClO5S/c19-17-7-6-16(25-17)18(21)24-10-13-8-14(20)15(11-22-13)23-9-12-4-2-1-3-5-12/h1-8,11H,9-10H2. The second-order valence-corrected chi connectivity index (χ2v) is 6.74. The van der Waals surface area contributed by atoms with E-state index in [9.17, 15) is 9.59 Å². The van der Waals surface area contributed by atoms with Gasteiger partial charge in [-0.1, -0.05) is 41.9 Å². The second kappa shape index (κ2) is 8.00. The van der Waals surface area contributed by atoms with Crippen molar-refractivity contribution < 1.29 is 18.7 Å². The van der Waals surface area contributed by atoms with Gasteiger partial charge in [-0.05, 0) is 17.7 Å². The van der Waals surface area contributed by atoms with Gasteiger partial charge in [-0.3, -0.25) is 4.79 Å². The summed E-state index contributed by atoms with van der Waals surface area (Å²) in [6, 6.07) is 13.9. The third-order valence-corrected chi connectivity index (χ3v) is 4.42. The van der Waals surface area contributed by atoms with Crippen molar-refractivity contribution in [2.75, 3.05) is 0 Å². The molecule has 0 spiro atoms. The van der Waals surface area contributed by atoms with Crippen molar-refractivity contribution in [3.8, 4) is 5.75 Å². The minimum Gasteiger partial charge on any atom is -0.482 e. The fourth-order valence-corrected chi connectivity index (χ4v) is 2.92. The van der Waals surface area contributed by atoms with Crippen molar-refractivity contribution in [2.45, 2.75) is 13.2 Å². The van der Waals surface area contributed by atoms with Crippen LogP contribution in [0.3, 0.4) is 0 Å². The molecule has 0 amide bonds. The van der Waals surface area contributed by atoms with Crippen LogP contribution >= 0.6 is 22.9 Å². The van der Waals surface area contributed by atoms with Crippen LogP contribution in [0.2, 0.25) is 4.34 Å². The molecular weight excluding hydrogens is 364 g/mol. The second-order valence-electron chi connectivity index (χ2n) is 5.03. The lowest BCUT2D eigenvalue weighted by atomic mass is 10.2. The fraction of sp³-hybridized carbons (Fsp3) is 0.111. The third kappa shape index (κ3) is 4.71. The van der Waals surface area contributed by atoms with E-state index in [1.165, 1.54) is 12.3 Å². The fourth-order valence-electron chi connectivity index (χ4n) is 1.99. The van der Waals surface area contributed by atoms with Gasteiger partial charge in [0.15, 0.2) is 0 Å². The summed E-state index contributed by atoms with van der Waals surface area (Å²) in [4.78, 5) is 24.3. The van der Waals surface area contributed by atoms with Crippen molar-refractivity contribution in [1.82, 2.24) is 0 Å². The van der Waals surface area contributed by atoms with Crippen LogP contribution in [0.15, 0.2) is 64.0 Å². The minimum atomic E-state index is -0.524. The summed E-state index contributed by atoms with van der Waals surface area (Å²) in [5, 5.41) is 0. The molecule has 7 heteroatoms. The van der Waals surface area contributed by atoms with Crippen molar-refractivity contribution in [3.63, 3.8) is 0 Å². The summed E-state index contributed by atoms with van der Waals surface area (Å²) in [6.45, 7) is 0.113. The van der Waals surface area contributed by atoms with Gasteiger partial charge in [-0.15, -0.1) is 11.3 Å². The van der Waals surface area contributed by atoms with Crippen LogP contribution in [0.1, 0.15) is 21.0 Å². The van der Waals surface area contributed by atoms with Gasteiger partial charge in [-0.2, -0.15) is 0 Å². The zero-order chi connectivity index (χ0) is 17.6. The van der Waals surface area contributed by atoms with E-state index >= 15 is 0 Å². The molecule has 0 aliphatic rings. The Kier molecular flexibility index (Phi) is 5.53. The number of thiophene rings is 1. The van der Waals surface area contributed by atoms with E-state index in [1.54, 1.807) is 12.1 Å². The lowest BCUT2D eigenvalue weighted by molar-refractivity contribution is 0.0448. The largest absolute Gasteiger partial charge is 0.482 e. The predicted octanol–water partition coefficient (Wildman–Crippen LogP) is 4.29. The topological polar surface area (TPSA) is 65.7 Å². The van der Waals surface area contributed by atoms with Crippen LogP contribution in [0.25, 0.3) is 0 Å². The number of halogens is 1. The molecule has 2 heterocycles. The Morgan fingerprint density at radius 1 is 1.12 bits per heavy atom. The maximum atomic E-state index is 12.0. The van der Waals surface area contributed by atoms with E-state index in [2.05, 4.69) is 0 Å². The number of hydrogen-bond donors (Lipinski definition) is 0. The SMILES string of the molecule is O=C(OCc1cc(=O)c(OCc2ccccc2)co1)c1ccc(Cl)s1. The van der Waals surface area contributed by atoms with Crippen molar-refractivity contribution in [1.29, 1.82) is 0 Å². The molecule has 5 nitrogen and oxygen atoms in total. The van der Waals surface area contributed by atoms with Gasteiger partial charge >= 0.3 is 5.97 Å². The van der Waals surface area contributed by atoms with Crippen LogP contribution in [0.5, 0.6) is 5.75 Å². The van der Waals surface area contributed by atoms with Gasteiger partial charge in [-0.25, -0.2) is 4.79 Å². The third-order valence-electron chi connectivity index (χ3n) is 3.21. The lowest BCUT2D eigenvalue weighted by Crippen LogP contribution is -2.09. The molecule has 0 saturated heterocycles. The van der Waals surface area contributed by atoms with Crippen LogP contribution < -0.4 is 10.2 Å². The smallest absolute Gasteiger partial charge is 0.348 e. The Morgan fingerprint density at radius 2 is 1.92 bits per heavy atom. The molecule has 3 rings (SSSR count). The average Bonchev–Trinajstić information content (AvgIpc) is 3.06. The van der Waals surface area contributed by atoms with Gasteiger partial charge in [0.1, 0.15) is 30.1 Å². The van der Waals surface area contributed by atoms with E-state index < -0.39 is 5.97 Å². The quantitative estimate of drug-likeness (QED) is 0.600. The summed E-state index contributed by atoms with van der Waals surface area (Å²) in [5.41, 5.74) is 0.599. The Bertz CT molecular complexity index is 916. The number of benzene rings is 1. The first kappa shape index (κ1) is 17.3. The summed E-state index contributed by atoms with van der Waals surface area (Å²) in [5.74, 6) is -0.194. The molecule has 0 saturated carbocycles. The van der Waals surface area contributed by atoms with Crippen molar-refractivity contribution in [2.24, 2.45) is 0 Å². The molecule has 0 aliphatic carbocycles. The monoisotopic (exact) mass is 376 g/mol. The van der Waals surface area contributed by atoms with Crippen LogP contribution in [0, 0.1) is 0 Å². The number of hydrogen-bond acceptors (Lipinski definition) is 6. The molecule has 0 bridgehead atoms. The summed E-state index contributed by atoms with van der Waals surface area (Å²) >= 11 is 6.89. The molecule has 3 aromatic rings. The first-order chi connectivity index (χ1) is 12.1. The first-order valence-corrected chi connectivity index (χ1v) is 8.52. The normalized spacial score (nSPS) is 10.4. The maximum Gasteiger partial charge on any atom is 0.348 e. The number of carbonyl (C=O) groups is 1. The van der Waals surface area contributed by atoms with Gasteiger partial charge in [0.25, 0.3) is 0 Å². The Balaban J connectivity index is 1.58. The number of rotatable bonds is 6. The molecule has 0 fully saturated rings. The summed E-state index contributed by atoms with van der Waals surface area (Å²) < 4.78 is 16.3. The molecule has 0 N–H and O–H groups in total. The van der Waals surface area contributed by atoms with E-state index in [1.807, 2.05) is 30.3 Å². The van der Waals surface area contributed by atoms with Crippen molar-refractivity contribution >= 4 is 28.9 Å². The summed E-state index contributed by atoms with van der Waals surface area (Å²) in [7, 11) is 0. The van der Waals surface area contributed by atoms with Crippen molar-refractivity contribution in [3.05, 3.63) is 85.6 Å². The molecule has 0 atom stereocenters. The van der Waals surface area contributed by atoms with Gasteiger partial charge in [0.05, 0.1) is 4.34 Å². The highest BCUT2D eigenvalue weighted by Gasteiger charge is 2.12. The van der Waals surface area contributed by atoms with Gasteiger partial charge in [0, 0.05) is 6.07 Å². The molecule has 0 unspecified atom stereocenters. The molecule has 0 aliphatic heterocycles. The average molecular weight is 377 g/mol. The van der Waals surface area contributed by atoms with Crippen LogP contribution in [-0.2, 0) is 18.0 Å². The minimum absolute atomic E-state index is 0.101. The Labute approximate surface area is 152 Å². The van der Waals surface area contributed by atoms with Crippen LogP contribution in [0.4, 0.5) is 0 Å². The molecule has 1 aromatic carbocycles. The number of carbonyl (C=O) groups excluding carboxylic acids is 1. The van der Waals surface area contributed by atoms with E-state index in [4.69, 9.17) is 25.5 Å². The molecule has 25 heavy (non-hydrogen) atoms. The maximum absolute atomic E-state index is 12.0. The van der Waals surface area contributed by atoms with Gasteiger partial charge in [0.2, 0.25) is 11.2 Å². The molecular formula is C18H13ClO5S. The zero-order valence-corrected chi connectivity index (χ0v) is 14.5. The first-order valence-electron chi connectivity index (χ1n) is 7.33. The highest BCUT2D eigenvalue weighted by Crippen LogP contribution is 2.22. The molecule has 128 valence electrons. The van der Waals surface area contributed by atoms with E-state index in [-0.39, 0.29) is 30.2 Å².